The van der Waals surface area contributed by atoms with E-state index in [2.05, 4.69) is 46.5 Å². The van der Waals surface area contributed by atoms with Gasteiger partial charge in [-0.2, -0.15) is 5.10 Å². The highest BCUT2D eigenvalue weighted by Crippen LogP contribution is 2.34. The molecular weight excluding hydrogens is 328 g/mol. The minimum atomic E-state index is -0.335. The van der Waals surface area contributed by atoms with E-state index >= 15 is 0 Å². The Kier molecular flexibility index (Phi) is 4.98. The molecule has 1 aliphatic carbocycles. The van der Waals surface area contributed by atoms with Crippen molar-refractivity contribution < 1.29 is 9.84 Å². The number of nitrogens with one attached hydrogen (secondary N) is 1. The molecule has 1 unspecified atom stereocenters. The van der Waals surface area contributed by atoms with Crippen LogP contribution >= 0.6 is 0 Å². The molecule has 0 radical (unpaired) electrons. The van der Waals surface area contributed by atoms with Crippen LogP contribution in [0.5, 0.6) is 0 Å². The van der Waals surface area contributed by atoms with Crippen LogP contribution < -0.4 is 10.2 Å². The number of ether oxygens (including phenoxy) is 1. The fourth-order valence-electron chi connectivity index (χ4n) is 3.96. The zero-order valence-electron chi connectivity index (χ0n) is 15.5. The molecule has 4 atom stereocenters. The van der Waals surface area contributed by atoms with Gasteiger partial charge in [-0.05, 0) is 43.5 Å². The lowest BCUT2D eigenvalue weighted by atomic mass is 9.82. The Morgan fingerprint density at radius 1 is 1.31 bits per heavy atom. The summed E-state index contributed by atoms with van der Waals surface area (Å²) in [6.45, 7) is 7.69. The minimum absolute atomic E-state index is 0.00794. The van der Waals surface area contributed by atoms with Crippen LogP contribution in [0.3, 0.4) is 0 Å². The van der Waals surface area contributed by atoms with Crippen LogP contribution in [0.25, 0.3) is 0 Å². The number of morpholine rings is 1. The summed E-state index contributed by atoms with van der Waals surface area (Å²) in [6.07, 6.45) is 4.28. The van der Waals surface area contributed by atoms with Crippen LogP contribution in [0.15, 0.2) is 36.7 Å². The summed E-state index contributed by atoms with van der Waals surface area (Å²) >= 11 is 0. The van der Waals surface area contributed by atoms with Crippen molar-refractivity contribution in [1.82, 2.24) is 15.1 Å². The van der Waals surface area contributed by atoms with Gasteiger partial charge >= 0.3 is 0 Å². The third kappa shape index (κ3) is 3.49. The first-order valence-corrected chi connectivity index (χ1v) is 9.49. The van der Waals surface area contributed by atoms with Crippen LogP contribution in [0.1, 0.15) is 36.6 Å². The van der Waals surface area contributed by atoms with Gasteiger partial charge < -0.3 is 20.1 Å². The number of hydrogen-bond donors (Lipinski definition) is 2. The predicted molar refractivity (Wildman–Crippen MR) is 101 cm³/mol. The Balaban J connectivity index is 1.44. The molecule has 6 nitrogen and oxygen atoms in total. The first-order valence-electron chi connectivity index (χ1n) is 9.49. The summed E-state index contributed by atoms with van der Waals surface area (Å²) in [6, 6.07) is 9.19. The molecule has 2 aromatic rings. The van der Waals surface area contributed by atoms with Gasteiger partial charge in [-0.3, -0.25) is 4.68 Å². The van der Waals surface area contributed by atoms with Gasteiger partial charge in [-0.15, -0.1) is 0 Å². The maximum absolute atomic E-state index is 10.2. The molecule has 2 aliphatic rings. The summed E-state index contributed by atoms with van der Waals surface area (Å²) in [5, 5.41) is 18.3. The zero-order chi connectivity index (χ0) is 18.1. The van der Waals surface area contributed by atoms with E-state index in [9.17, 15) is 5.11 Å². The quantitative estimate of drug-likeness (QED) is 0.859. The third-order valence-corrected chi connectivity index (χ3v) is 5.55. The molecule has 1 aromatic heterocycles. The van der Waals surface area contributed by atoms with Gasteiger partial charge in [-0.25, -0.2) is 0 Å². The Morgan fingerprint density at radius 2 is 2.12 bits per heavy atom. The first-order chi connectivity index (χ1) is 12.6. The average molecular weight is 356 g/mol. The van der Waals surface area contributed by atoms with Gasteiger partial charge in [0.25, 0.3) is 0 Å². The number of hydrogen-bond acceptors (Lipinski definition) is 5. The summed E-state index contributed by atoms with van der Waals surface area (Å²) in [7, 11) is 0. The molecule has 0 bridgehead atoms. The fourth-order valence-corrected chi connectivity index (χ4v) is 3.96. The smallest absolute Gasteiger partial charge is 0.0932 e. The van der Waals surface area contributed by atoms with E-state index in [1.54, 1.807) is 0 Å². The molecule has 1 aliphatic heterocycles. The highest BCUT2D eigenvalue weighted by Gasteiger charge is 2.42. The maximum Gasteiger partial charge on any atom is 0.0932 e. The Hall–Kier alpha value is -1.89. The van der Waals surface area contributed by atoms with Gasteiger partial charge in [0, 0.05) is 37.1 Å². The van der Waals surface area contributed by atoms with Crippen LogP contribution in [-0.4, -0.2) is 53.3 Å². The highest BCUT2D eigenvalue weighted by atomic mass is 16.5. The summed E-state index contributed by atoms with van der Waals surface area (Å²) in [5.74, 6) is 0. The lowest BCUT2D eigenvalue weighted by Crippen LogP contribution is -2.55. The van der Waals surface area contributed by atoms with E-state index in [1.807, 2.05) is 24.0 Å². The normalized spacial score (nSPS) is 27.2. The summed E-state index contributed by atoms with van der Waals surface area (Å²) in [4.78, 5) is 2.38. The van der Waals surface area contributed by atoms with Crippen molar-refractivity contribution in [2.45, 2.75) is 44.5 Å². The van der Waals surface area contributed by atoms with E-state index in [1.165, 1.54) is 11.3 Å². The van der Waals surface area contributed by atoms with Crippen LogP contribution in [-0.2, 0) is 4.74 Å². The van der Waals surface area contributed by atoms with Gasteiger partial charge in [0.2, 0.25) is 0 Å². The lowest BCUT2D eigenvalue weighted by Gasteiger charge is -2.43. The second kappa shape index (κ2) is 7.39. The van der Waals surface area contributed by atoms with E-state index in [4.69, 9.17) is 4.74 Å². The second-order valence-electron chi connectivity index (χ2n) is 7.48. The molecule has 0 spiro atoms. The van der Waals surface area contributed by atoms with Crippen molar-refractivity contribution in [3.05, 3.63) is 47.8 Å². The standard InChI is InChI=1S/C20H28N4O2/c1-14-12-21-24(13-14)20-18(11-19(20)25)22-15(2)16-4-3-5-17(10-16)23-6-8-26-9-7-23/h3-5,10,12-13,15,18-20,22,25H,6-9,11H2,1-2H3/t15?,18-,19+,20+/m0/s1. The zero-order valence-corrected chi connectivity index (χ0v) is 15.5. The molecule has 1 saturated heterocycles. The second-order valence-corrected chi connectivity index (χ2v) is 7.48. The molecule has 0 amide bonds. The van der Waals surface area contributed by atoms with Crippen LogP contribution in [0, 0.1) is 6.92 Å². The Bertz CT molecular complexity index is 741. The van der Waals surface area contributed by atoms with Gasteiger partial charge in [0.15, 0.2) is 0 Å². The lowest BCUT2D eigenvalue weighted by molar-refractivity contribution is -0.0111. The van der Waals surface area contributed by atoms with Crippen LogP contribution in [0.4, 0.5) is 5.69 Å². The molecule has 1 aromatic carbocycles. The van der Waals surface area contributed by atoms with Crippen molar-refractivity contribution in [3.8, 4) is 0 Å². The summed E-state index contributed by atoms with van der Waals surface area (Å²) in [5.41, 5.74) is 3.65. The van der Waals surface area contributed by atoms with E-state index in [0.29, 0.717) is 0 Å². The number of aliphatic hydroxyl groups is 1. The number of nitrogens with zero attached hydrogens (tertiary/aromatic N) is 3. The van der Waals surface area contributed by atoms with Crippen molar-refractivity contribution in [2.24, 2.45) is 0 Å². The van der Waals surface area contributed by atoms with Crippen molar-refractivity contribution in [3.63, 3.8) is 0 Å². The number of aromatic nitrogens is 2. The van der Waals surface area contributed by atoms with Crippen molar-refractivity contribution in [1.29, 1.82) is 0 Å². The van der Waals surface area contributed by atoms with Crippen molar-refractivity contribution in [2.75, 3.05) is 31.2 Å². The minimum Gasteiger partial charge on any atom is -0.391 e. The molecule has 6 heteroatoms. The molecule has 2 heterocycles. The number of aliphatic hydroxyl groups excluding tert-OH is 1. The van der Waals surface area contributed by atoms with Crippen LogP contribution in [0.2, 0.25) is 0 Å². The fraction of sp³-hybridized carbons (Fsp3) is 0.550. The number of aryl methyl sites for hydroxylation is 1. The highest BCUT2D eigenvalue weighted by molar-refractivity contribution is 5.49. The summed E-state index contributed by atoms with van der Waals surface area (Å²) < 4.78 is 7.35. The molecule has 4 rings (SSSR count). The molecule has 1 saturated carbocycles. The number of anilines is 1. The van der Waals surface area contributed by atoms with E-state index < -0.39 is 0 Å². The first kappa shape index (κ1) is 17.5. The number of benzene rings is 1. The largest absolute Gasteiger partial charge is 0.391 e. The Morgan fingerprint density at radius 3 is 2.81 bits per heavy atom. The molecule has 2 fully saturated rings. The average Bonchev–Trinajstić information content (AvgIpc) is 3.07. The molecule has 26 heavy (non-hydrogen) atoms. The molecular formula is C20H28N4O2. The predicted octanol–water partition coefficient (Wildman–Crippen LogP) is 2.05. The Labute approximate surface area is 154 Å². The molecule has 2 N–H and O–H groups in total. The monoisotopic (exact) mass is 356 g/mol. The SMILES string of the molecule is Cc1cnn([C@H]2[C@H](O)C[C@@H]2NC(C)c2cccc(N3CCOCC3)c2)c1. The van der Waals surface area contributed by atoms with Gasteiger partial charge in [-0.1, -0.05) is 12.1 Å². The molecule has 140 valence electrons. The number of rotatable bonds is 5. The third-order valence-electron chi connectivity index (χ3n) is 5.55. The van der Waals surface area contributed by atoms with E-state index in [-0.39, 0.29) is 24.2 Å². The van der Waals surface area contributed by atoms with Gasteiger partial charge in [0.05, 0.1) is 31.6 Å². The van der Waals surface area contributed by atoms with Gasteiger partial charge in [0.1, 0.15) is 0 Å². The van der Waals surface area contributed by atoms with Crippen molar-refractivity contribution >= 4 is 5.69 Å². The van der Waals surface area contributed by atoms with E-state index in [0.717, 1.165) is 38.3 Å². The topological polar surface area (TPSA) is 62.5 Å². The maximum atomic E-state index is 10.2.